The number of amides is 1. The predicted octanol–water partition coefficient (Wildman–Crippen LogP) is 4.50. The molecule has 5 heteroatoms. The number of hydrogen-bond acceptors (Lipinski definition) is 3. The molecule has 4 nitrogen and oxygen atoms in total. The van der Waals surface area contributed by atoms with Crippen molar-refractivity contribution in [1.29, 1.82) is 0 Å². The standard InChI is InChI=1S/C27H27NO3Se/c1-18(2)16-25(26(29)32-19-10-4-3-5-11-19)28-27(30)31-17-24-22-14-8-6-12-20(22)21-13-7-9-15-23(21)24/h3-15,18,24-25H,16-17H2,1-2H3,(H,28,30)/t25-/m0/s1. The summed E-state index contributed by atoms with van der Waals surface area (Å²) in [4.78, 5) is 25.6. The fraction of sp³-hybridized carbons (Fsp3) is 0.259. The molecule has 1 N–H and O–H groups in total. The van der Waals surface area contributed by atoms with Gasteiger partial charge in [-0.3, -0.25) is 0 Å². The zero-order valence-electron chi connectivity index (χ0n) is 18.3. The van der Waals surface area contributed by atoms with Crippen LogP contribution in [0.3, 0.4) is 0 Å². The number of fused-ring (bicyclic) bond motifs is 3. The molecule has 1 aliphatic rings. The number of hydrogen-bond donors (Lipinski definition) is 1. The molecule has 3 aromatic rings. The van der Waals surface area contributed by atoms with Gasteiger partial charge in [0.15, 0.2) is 0 Å². The van der Waals surface area contributed by atoms with Crippen LogP contribution >= 0.6 is 0 Å². The van der Waals surface area contributed by atoms with E-state index in [-0.39, 0.29) is 38.1 Å². The van der Waals surface area contributed by atoms with Crippen LogP contribution in [0.15, 0.2) is 78.9 Å². The van der Waals surface area contributed by atoms with Gasteiger partial charge in [-0.15, -0.1) is 0 Å². The molecule has 0 aromatic heterocycles. The van der Waals surface area contributed by atoms with Gasteiger partial charge < -0.3 is 0 Å². The number of rotatable bonds is 8. The zero-order chi connectivity index (χ0) is 22.5. The van der Waals surface area contributed by atoms with Crippen LogP contribution in [0, 0.1) is 5.92 Å². The molecule has 164 valence electrons. The van der Waals surface area contributed by atoms with Crippen LogP contribution in [0.1, 0.15) is 37.3 Å². The van der Waals surface area contributed by atoms with E-state index in [4.69, 9.17) is 4.74 Å². The predicted molar refractivity (Wildman–Crippen MR) is 128 cm³/mol. The first-order valence-electron chi connectivity index (χ1n) is 10.9. The number of carbonyl (C=O) groups is 2. The summed E-state index contributed by atoms with van der Waals surface area (Å²) in [6, 6.07) is 25.7. The molecule has 0 saturated carbocycles. The van der Waals surface area contributed by atoms with Gasteiger partial charge in [0.1, 0.15) is 0 Å². The van der Waals surface area contributed by atoms with E-state index in [1.54, 1.807) is 0 Å². The van der Waals surface area contributed by atoms with Crippen molar-refractivity contribution in [1.82, 2.24) is 5.32 Å². The summed E-state index contributed by atoms with van der Waals surface area (Å²) in [5, 5.41) is 2.85. The van der Waals surface area contributed by atoms with Crippen LogP contribution in [0.25, 0.3) is 11.1 Å². The van der Waals surface area contributed by atoms with Crippen LogP contribution in [-0.4, -0.2) is 38.4 Å². The second-order valence-corrected chi connectivity index (χ2v) is 10.6. The van der Waals surface area contributed by atoms with Crippen LogP contribution in [0.5, 0.6) is 0 Å². The van der Waals surface area contributed by atoms with E-state index in [1.807, 2.05) is 54.6 Å². The average molecular weight is 492 g/mol. The van der Waals surface area contributed by atoms with Crippen molar-refractivity contribution in [2.24, 2.45) is 5.92 Å². The van der Waals surface area contributed by atoms with E-state index >= 15 is 0 Å². The fourth-order valence-corrected chi connectivity index (χ4v) is 5.87. The van der Waals surface area contributed by atoms with Crippen LogP contribution < -0.4 is 9.78 Å². The molecule has 0 spiro atoms. The number of ether oxygens (including phenoxy) is 1. The van der Waals surface area contributed by atoms with Crippen molar-refractivity contribution in [3.8, 4) is 11.1 Å². The maximum atomic E-state index is 12.9. The molecule has 4 rings (SSSR count). The SMILES string of the molecule is CC(C)C[C@H](NC(=O)OCC1c2ccccc2-c2ccccc21)C(=O)[Se]c1ccccc1. The van der Waals surface area contributed by atoms with Crippen molar-refractivity contribution in [3.63, 3.8) is 0 Å². The third kappa shape index (κ3) is 5.12. The Kier molecular flexibility index (Phi) is 7.09. The van der Waals surface area contributed by atoms with Crippen molar-refractivity contribution in [3.05, 3.63) is 90.0 Å². The van der Waals surface area contributed by atoms with Gasteiger partial charge in [-0.05, 0) is 0 Å². The Bertz CT molecular complexity index is 1050. The normalized spacial score (nSPS) is 13.3. The quantitative estimate of drug-likeness (QED) is 0.472. The molecule has 32 heavy (non-hydrogen) atoms. The number of nitrogens with one attached hydrogen (secondary N) is 1. The zero-order valence-corrected chi connectivity index (χ0v) is 20.0. The molecule has 0 bridgehead atoms. The summed E-state index contributed by atoms with van der Waals surface area (Å²) in [7, 11) is 0. The minimum atomic E-state index is -0.536. The Morgan fingerprint density at radius 3 is 2.03 bits per heavy atom. The van der Waals surface area contributed by atoms with Crippen LogP contribution in [0.2, 0.25) is 0 Å². The summed E-state index contributed by atoms with van der Waals surface area (Å²) in [5.41, 5.74) is 4.72. The molecule has 0 aliphatic heterocycles. The number of carbonyl (C=O) groups excluding carboxylic acids is 2. The summed E-state index contributed by atoms with van der Waals surface area (Å²) < 4.78 is 6.73. The Labute approximate surface area is 195 Å². The van der Waals surface area contributed by atoms with E-state index < -0.39 is 12.1 Å². The Balaban J connectivity index is 1.42. The van der Waals surface area contributed by atoms with Crippen molar-refractivity contribution in [2.75, 3.05) is 6.61 Å². The summed E-state index contributed by atoms with van der Waals surface area (Å²) in [5.74, 6) is 0.283. The number of alkyl carbamates (subject to hydrolysis) is 1. The first-order chi connectivity index (χ1) is 15.5. The molecule has 0 unspecified atom stereocenters. The molecule has 0 heterocycles. The third-order valence-corrected chi connectivity index (χ3v) is 7.67. The van der Waals surface area contributed by atoms with Crippen molar-refractivity contribution < 1.29 is 14.3 Å². The third-order valence-electron chi connectivity index (χ3n) is 5.59. The Morgan fingerprint density at radius 2 is 1.44 bits per heavy atom. The van der Waals surface area contributed by atoms with E-state index in [1.165, 1.54) is 22.3 Å². The molecule has 0 fully saturated rings. The minimum absolute atomic E-state index is 0.000868. The topological polar surface area (TPSA) is 55.4 Å². The molecule has 1 atom stereocenters. The van der Waals surface area contributed by atoms with E-state index in [9.17, 15) is 9.59 Å². The van der Waals surface area contributed by atoms with Gasteiger partial charge >= 0.3 is 196 Å². The Morgan fingerprint density at radius 1 is 0.875 bits per heavy atom. The van der Waals surface area contributed by atoms with E-state index in [0.29, 0.717) is 6.42 Å². The maximum absolute atomic E-state index is 12.9. The Hall–Kier alpha value is -2.88. The van der Waals surface area contributed by atoms with Crippen molar-refractivity contribution in [2.45, 2.75) is 32.2 Å². The van der Waals surface area contributed by atoms with E-state index in [0.717, 1.165) is 4.46 Å². The van der Waals surface area contributed by atoms with E-state index in [2.05, 4.69) is 43.4 Å². The number of benzene rings is 3. The average Bonchev–Trinajstić information content (AvgIpc) is 3.11. The second kappa shape index (κ2) is 10.2. The van der Waals surface area contributed by atoms with Crippen LogP contribution in [0.4, 0.5) is 4.79 Å². The van der Waals surface area contributed by atoms with Gasteiger partial charge in [0, 0.05) is 0 Å². The first-order valence-corrected chi connectivity index (χ1v) is 12.6. The first kappa shape index (κ1) is 22.3. The molecule has 0 radical (unpaired) electrons. The molecule has 3 aromatic carbocycles. The van der Waals surface area contributed by atoms with Gasteiger partial charge in [0.05, 0.1) is 0 Å². The second-order valence-electron chi connectivity index (χ2n) is 8.39. The summed E-state index contributed by atoms with van der Waals surface area (Å²) >= 11 is -0.350. The molecule has 0 saturated heterocycles. The fourth-order valence-electron chi connectivity index (χ4n) is 4.14. The van der Waals surface area contributed by atoms with Gasteiger partial charge in [0.25, 0.3) is 0 Å². The van der Waals surface area contributed by atoms with Gasteiger partial charge in [-0.2, -0.15) is 0 Å². The monoisotopic (exact) mass is 493 g/mol. The molecule has 1 amide bonds. The molecular formula is C27H27NO3Se. The van der Waals surface area contributed by atoms with Crippen molar-refractivity contribution >= 4 is 30.2 Å². The summed E-state index contributed by atoms with van der Waals surface area (Å²) in [6.45, 7) is 4.34. The summed E-state index contributed by atoms with van der Waals surface area (Å²) in [6.07, 6.45) is 0.0622. The van der Waals surface area contributed by atoms with Crippen LogP contribution in [-0.2, 0) is 9.53 Å². The molecular weight excluding hydrogens is 465 g/mol. The van der Waals surface area contributed by atoms with Gasteiger partial charge in [-0.1, -0.05) is 0 Å². The van der Waals surface area contributed by atoms with Gasteiger partial charge in [0.2, 0.25) is 0 Å². The van der Waals surface area contributed by atoms with Gasteiger partial charge in [-0.25, -0.2) is 0 Å². The molecule has 1 aliphatic carbocycles.